The second-order valence-corrected chi connectivity index (χ2v) is 2.71. The van der Waals surface area contributed by atoms with Crippen molar-refractivity contribution in [2.24, 2.45) is 0 Å². The van der Waals surface area contributed by atoms with Gasteiger partial charge in [-0.15, -0.1) is 0 Å². The van der Waals surface area contributed by atoms with Crippen LogP contribution < -0.4 is 0 Å². The summed E-state index contributed by atoms with van der Waals surface area (Å²) in [4.78, 5) is 10.7. The fraction of sp³-hybridized carbons (Fsp3) is 0.300. The molecule has 0 aliphatic rings. The summed E-state index contributed by atoms with van der Waals surface area (Å²) in [6.07, 6.45) is 0.638. The molecule has 0 aliphatic carbocycles. The molecule has 1 aromatic rings. The van der Waals surface area contributed by atoms with Gasteiger partial charge in [-0.1, -0.05) is 37.3 Å². The molecule has 0 aromatic heterocycles. The Balaban J connectivity index is 0.00000144. The third kappa shape index (κ3) is 3.38. The van der Waals surface area contributed by atoms with Gasteiger partial charge in [0.15, 0.2) is 0 Å². The van der Waals surface area contributed by atoms with E-state index in [4.69, 9.17) is 5.11 Å². The third-order valence-electron chi connectivity index (χ3n) is 1.91. The van der Waals surface area contributed by atoms with Crippen LogP contribution in [0.1, 0.15) is 24.8 Å². The Labute approximate surface area is 94.9 Å². The van der Waals surface area contributed by atoms with Gasteiger partial charge >= 0.3 is 29.9 Å². The van der Waals surface area contributed by atoms with Crippen LogP contribution in [0.4, 0.5) is 0 Å². The number of hydrogen-bond acceptors (Lipinski definition) is 1. The predicted octanol–water partition coefficient (Wildman–Crippen LogP) is 1.35. The fourth-order valence-corrected chi connectivity index (χ4v) is 1.24. The van der Waals surface area contributed by atoms with Gasteiger partial charge < -0.3 is 5.11 Å². The zero-order valence-electron chi connectivity index (χ0n) is 7.73. The Kier molecular flexibility index (Phi) is 5.78. The summed E-state index contributed by atoms with van der Waals surface area (Å²) in [5.41, 5.74) is 0.882. The molecule has 0 bridgehead atoms. The summed E-state index contributed by atoms with van der Waals surface area (Å²) in [6.45, 7) is 1.88. The first-order valence-electron chi connectivity index (χ1n) is 4.03. The van der Waals surface area contributed by atoms with E-state index in [1.807, 2.05) is 37.3 Å². The summed E-state index contributed by atoms with van der Waals surface area (Å²) < 4.78 is 0. The Morgan fingerprint density at radius 3 is 2.31 bits per heavy atom. The topological polar surface area (TPSA) is 37.3 Å². The maximum absolute atomic E-state index is 10.7. The molecule has 0 aliphatic heterocycles. The monoisotopic (exact) mass is 286 g/mol. The van der Waals surface area contributed by atoms with Crippen molar-refractivity contribution in [3.63, 3.8) is 0 Å². The van der Waals surface area contributed by atoms with Crippen molar-refractivity contribution in [1.82, 2.24) is 0 Å². The second-order valence-electron chi connectivity index (χ2n) is 2.71. The number of carbonyl (C=O) groups is 1. The first-order chi connectivity index (χ1) is 5.75. The van der Waals surface area contributed by atoms with E-state index in [1.54, 1.807) is 0 Å². The van der Waals surface area contributed by atoms with E-state index in [-0.39, 0.29) is 29.8 Å². The van der Waals surface area contributed by atoms with Crippen molar-refractivity contribution in [2.45, 2.75) is 19.3 Å². The molecule has 0 fully saturated rings. The van der Waals surface area contributed by atoms with Crippen molar-refractivity contribution >= 4 is 29.9 Å². The van der Waals surface area contributed by atoms with Crippen molar-refractivity contribution in [1.29, 1.82) is 0 Å². The molecular weight excluding hydrogens is 271 g/mol. The zero-order valence-corrected chi connectivity index (χ0v) is 11.8. The van der Waals surface area contributed by atoms with Crippen LogP contribution in [0.25, 0.3) is 0 Å². The van der Waals surface area contributed by atoms with Crippen molar-refractivity contribution in [3.8, 4) is 0 Å². The molecule has 0 amide bonds. The molecule has 2 radical (unpaired) electrons. The average Bonchev–Trinajstić information content (AvgIpc) is 2.07. The van der Waals surface area contributed by atoms with E-state index < -0.39 is 5.97 Å². The van der Waals surface area contributed by atoms with Crippen LogP contribution >= 0.6 is 0 Å². The normalized spacial score (nSPS) is 11.5. The number of carboxylic acid groups (broad SMARTS) is 1. The molecule has 70 valence electrons. The minimum atomic E-state index is -0.747. The van der Waals surface area contributed by atoms with E-state index in [0.717, 1.165) is 5.56 Å². The Morgan fingerprint density at radius 2 is 1.92 bits per heavy atom. The van der Waals surface area contributed by atoms with Crippen LogP contribution in [0.15, 0.2) is 30.3 Å². The van der Waals surface area contributed by atoms with Gasteiger partial charge in [0.05, 0.1) is 5.92 Å². The van der Waals surface area contributed by atoms with Gasteiger partial charge in [-0.25, -0.2) is 0 Å². The van der Waals surface area contributed by atoms with Crippen LogP contribution in [-0.4, -0.2) is 35.0 Å². The Bertz CT molecular complexity index is 259. The van der Waals surface area contributed by atoms with E-state index in [0.29, 0.717) is 6.42 Å². The van der Waals surface area contributed by atoms with Crippen molar-refractivity contribution in [3.05, 3.63) is 35.9 Å². The molecule has 13 heavy (non-hydrogen) atoms. The maximum atomic E-state index is 10.7. The molecule has 3 heteroatoms. The molecular formula is C10H14O2Sn. The van der Waals surface area contributed by atoms with Crippen LogP contribution in [-0.2, 0) is 4.79 Å². The average molecular weight is 285 g/mol. The first-order valence-corrected chi connectivity index (χ1v) is 4.03. The Morgan fingerprint density at radius 1 is 1.38 bits per heavy atom. The quantitative estimate of drug-likeness (QED) is 0.851. The number of aliphatic carboxylic acids is 1. The molecule has 0 saturated carbocycles. The van der Waals surface area contributed by atoms with Crippen LogP contribution in [0, 0.1) is 0 Å². The van der Waals surface area contributed by atoms with Gasteiger partial charge in [-0.3, -0.25) is 4.79 Å². The third-order valence-corrected chi connectivity index (χ3v) is 1.91. The summed E-state index contributed by atoms with van der Waals surface area (Å²) in [5.74, 6) is -1.10. The number of carboxylic acids is 1. The van der Waals surface area contributed by atoms with Gasteiger partial charge in [0.25, 0.3) is 0 Å². The van der Waals surface area contributed by atoms with E-state index in [9.17, 15) is 4.79 Å². The molecule has 1 N–H and O–H groups in total. The summed E-state index contributed by atoms with van der Waals surface area (Å²) >= 11 is 0. The van der Waals surface area contributed by atoms with Crippen LogP contribution in [0.2, 0.25) is 0 Å². The minimum absolute atomic E-state index is 0. The zero-order chi connectivity index (χ0) is 8.97. The van der Waals surface area contributed by atoms with E-state index in [2.05, 4.69) is 0 Å². The van der Waals surface area contributed by atoms with Crippen molar-refractivity contribution < 1.29 is 9.90 Å². The predicted molar refractivity (Wildman–Crippen MR) is 55.7 cm³/mol. The van der Waals surface area contributed by atoms with Crippen molar-refractivity contribution in [2.75, 3.05) is 0 Å². The SMILES string of the molecule is CCC(C(=O)O)c1ccccc1.[SnH2]. The first kappa shape index (κ1) is 12.5. The molecule has 1 rings (SSSR count). The van der Waals surface area contributed by atoms with Gasteiger partial charge in [0.2, 0.25) is 0 Å². The number of rotatable bonds is 3. The molecule has 1 unspecified atom stereocenters. The molecule has 1 aromatic carbocycles. The van der Waals surface area contributed by atoms with Gasteiger partial charge in [0, 0.05) is 0 Å². The molecule has 0 spiro atoms. The summed E-state index contributed by atoms with van der Waals surface area (Å²) in [6, 6.07) is 9.31. The molecule has 2 nitrogen and oxygen atoms in total. The summed E-state index contributed by atoms with van der Waals surface area (Å²) in [5, 5.41) is 8.83. The molecule has 0 heterocycles. The molecule has 1 atom stereocenters. The number of benzene rings is 1. The summed E-state index contributed by atoms with van der Waals surface area (Å²) in [7, 11) is 0. The fourth-order valence-electron chi connectivity index (χ4n) is 1.24. The van der Waals surface area contributed by atoms with Crippen LogP contribution in [0.3, 0.4) is 0 Å². The van der Waals surface area contributed by atoms with Gasteiger partial charge in [-0.2, -0.15) is 0 Å². The Hall–Kier alpha value is -0.511. The van der Waals surface area contributed by atoms with Gasteiger partial charge in [0.1, 0.15) is 0 Å². The van der Waals surface area contributed by atoms with E-state index >= 15 is 0 Å². The molecule has 0 saturated heterocycles. The second kappa shape index (κ2) is 6.02. The van der Waals surface area contributed by atoms with E-state index in [1.165, 1.54) is 0 Å². The standard InChI is InChI=1S/C10H12O2.Sn.2H/c1-2-9(10(11)12)8-6-4-3-5-7-8;;;/h3-7,9H,2H2,1H3,(H,11,12);;;. The number of hydrogen-bond donors (Lipinski definition) is 1. The van der Waals surface area contributed by atoms with Gasteiger partial charge in [-0.05, 0) is 12.0 Å². The van der Waals surface area contributed by atoms with Crippen LogP contribution in [0.5, 0.6) is 0 Å².